The van der Waals surface area contributed by atoms with Gasteiger partial charge in [0.2, 0.25) is 5.91 Å². The number of carbonyl (C=O) groups is 3. The molecule has 0 N–H and O–H groups in total. The van der Waals surface area contributed by atoms with Gasteiger partial charge in [0.05, 0.1) is 30.4 Å². The van der Waals surface area contributed by atoms with Crippen molar-refractivity contribution >= 4 is 17.8 Å². The maximum atomic E-state index is 13.5. The summed E-state index contributed by atoms with van der Waals surface area (Å²) in [5, 5.41) is 0. The van der Waals surface area contributed by atoms with Crippen molar-refractivity contribution in [1.29, 1.82) is 0 Å². The van der Waals surface area contributed by atoms with Gasteiger partial charge < -0.3 is 19.0 Å². The van der Waals surface area contributed by atoms with Crippen molar-refractivity contribution in [3.8, 4) is 0 Å². The summed E-state index contributed by atoms with van der Waals surface area (Å²) in [6.07, 6.45) is 4.58. The third-order valence-electron chi connectivity index (χ3n) is 5.69. The number of hydrogen-bond acceptors (Lipinski definition) is 6. The Morgan fingerprint density at radius 3 is 2.83 bits per heavy atom. The van der Waals surface area contributed by atoms with Gasteiger partial charge in [0.25, 0.3) is 5.91 Å². The number of rotatable bonds is 4. The van der Waals surface area contributed by atoms with E-state index in [9.17, 15) is 14.4 Å². The van der Waals surface area contributed by atoms with Crippen molar-refractivity contribution in [2.24, 2.45) is 5.92 Å². The van der Waals surface area contributed by atoms with E-state index < -0.39 is 5.92 Å². The second-order valence-electron chi connectivity index (χ2n) is 7.64. The van der Waals surface area contributed by atoms with Crippen LogP contribution in [0.25, 0.3) is 0 Å². The molecule has 4 heterocycles. The third-order valence-corrected chi connectivity index (χ3v) is 5.69. The van der Waals surface area contributed by atoms with Crippen LogP contribution in [0, 0.1) is 5.92 Å². The normalized spacial score (nSPS) is 21.1. The van der Waals surface area contributed by atoms with Crippen molar-refractivity contribution in [2.45, 2.75) is 32.2 Å². The minimum atomic E-state index is -0.574. The first-order valence-corrected chi connectivity index (χ1v) is 10.3. The molecule has 0 bridgehead atoms. The number of aromatic nitrogens is 1. The van der Waals surface area contributed by atoms with Crippen molar-refractivity contribution in [3.05, 3.63) is 53.7 Å². The number of ether oxygens (including phenoxy) is 1. The Morgan fingerprint density at radius 1 is 1.20 bits per heavy atom. The molecule has 1 saturated heterocycles. The Labute approximate surface area is 174 Å². The third kappa shape index (κ3) is 3.94. The number of esters is 1. The summed E-state index contributed by atoms with van der Waals surface area (Å²) in [7, 11) is 0. The molecule has 0 saturated carbocycles. The largest absolute Gasteiger partial charge is 0.466 e. The zero-order valence-corrected chi connectivity index (χ0v) is 17.0. The zero-order chi connectivity index (χ0) is 21.1. The van der Waals surface area contributed by atoms with Crippen LogP contribution in [0.1, 0.15) is 47.5 Å². The molecule has 2 amide bonds. The Morgan fingerprint density at radius 2 is 2.07 bits per heavy atom. The van der Waals surface area contributed by atoms with Crippen LogP contribution in [-0.2, 0) is 20.9 Å². The predicted octanol–water partition coefficient (Wildman–Crippen LogP) is 2.22. The van der Waals surface area contributed by atoms with Gasteiger partial charge >= 0.3 is 5.97 Å². The first kappa shape index (κ1) is 20.1. The number of fused-ring (bicyclic) bond motifs is 1. The summed E-state index contributed by atoms with van der Waals surface area (Å²) in [4.78, 5) is 46.3. The van der Waals surface area contributed by atoms with Gasteiger partial charge in [-0.15, -0.1) is 0 Å². The van der Waals surface area contributed by atoms with E-state index in [4.69, 9.17) is 9.15 Å². The number of furan rings is 1. The van der Waals surface area contributed by atoms with Gasteiger partial charge in [0.15, 0.2) is 5.76 Å². The van der Waals surface area contributed by atoms with Gasteiger partial charge in [-0.3, -0.25) is 19.4 Å². The molecule has 2 unspecified atom stereocenters. The lowest BCUT2D eigenvalue weighted by molar-refractivity contribution is -0.151. The molecule has 2 aromatic heterocycles. The fourth-order valence-corrected chi connectivity index (χ4v) is 4.23. The van der Waals surface area contributed by atoms with Gasteiger partial charge in [0, 0.05) is 32.4 Å². The lowest BCUT2D eigenvalue weighted by Crippen LogP contribution is -2.49. The van der Waals surface area contributed by atoms with Crippen LogP contribution in [0.3, 0.4) is 0 Å². The van der Waals surface area contributed by atoms with Crippen LogP contribution >= 0.6 is 0 Å². The molecule has 0 aromatic carbocycles. The summed E-state index contributed by atoms with van der Waals surface area (Å²) in [5.74, 6) is -1.26. The van der Waals surface area contributed by atoms with Crippen LogP contribution in [-0.4, -0.2) is 58.8 Å². The van der Waals surface area contributed by atoms with Gasteiger partial charge in [0.1, 0.15) is 0 Å². The molecule has 2 aromatic rings. The van der Waals surface area contributed by atoms with Gasteiger partial charge in [-0.1, -0.05) is 6.07 Å². The number of carbonyl (C=O) groups excluding carboxylic acids is 3. The van der Waals surface area contributed by atoms with E-state index in [1.807, 2.05) is 6.07 Å². The zero-order valence-electron chi connectivity index (χ0n) is 17.0. The van der Waals surface area contributed by atoms with Gasteiger partial charge in [-0.05, 0) is 43.5 Å². The molecule has 30 heavy (non-hydrogen) atoms. The Hall–Kier alpha value is -3.16. The smallest absolute Gasteiger partial charge is 0.310 e. The minimum Gasteiger partial charge on any atom is -0.466 e. The minimum absolute atomic E-state index is 0.110. The quantitative estimate of drug-likeness (QED) is 0.717. The van der Waals surface area contributed by atoms with Crippen molar-refractivity contribution in [1.82, 2.24) is 14.8 Å². The van der Waals surface area contributed by atoms with E-state index in [0.717, 1.165) is 12.0 Å². The highest BCUT2D eigenvalue weighted by atomic mass is 16.5. The summed E-state index contributed by atoms with van der Waals surface area (Å²) in [6.45, 7) is 3.62. The van der Waals surface area contributed by atoms with Crippen LogP contribution in [0.2, 0.25) is 0 Å². The highest BCUT2D eigenvalue weighted by Gasteiger charge is 2.39. The Balaban J connectivity index is 1.56. The topological polar surface area (TPSA) is 93.0 Å². The van der Waals surface area contributed by atoms with Crippen LogP contribution < -0.4 is 0 Å². The average molecular weight is 411 g/mol. The molecule has 158 valence electrons. The van der Waals surface area contributed by atoms with Crippen molar-refractivity contribution in [3.63, 3.8) is 0 Å². The number of amides is 2. The molecule has 2 atom stereocenters. The lowest BCUT2D eigenvalue weighted by atomic mass is 9.91. The molecule has 8 heteroatoms. The van der Waals surface area contributed by atoms with Crippen LogP contribution in [0.15, 0.2) is 41.1 Å². The standard InChI is InChI=1S/C22H25N3O5/c1-2-29-22(28)16-7-4-10-24(13-16)20(26)17-14-25(21(27)18-8-5-11-30-18)12-15-6-3-9-23-19(15)17/h3,5-6,8-9,11,16-17H,2,4,7,10,12-14H2,1H3. The summed E-state index contributed by atoms with van der Waals surface area (Å²) < 4.78 is 10.4. The van der Waals surface area contributed by atoms with E-state index in [2.05, 4.69) is 4.98 Å². The number of piperidine rings is 1. The van der Waals surface area contributed by atoms with E-state index in [1.54, 1.807) is 41.1 Å². The summed E-state index contributed by atoms with van der Waals surface area (Å²) in [6, 6.07) is 6.98. The molecule has 0 spiro atoms. The fraction of sp³-hybridized carbons (Fsp3) is 0.455. The van der Waals surface area contributed by atoms with E-state index >= 15 is 0 Å². The van der Waals surface area contributed by atoms with Crippen molar-refractivity contribution in [2.75, 3.05) is 26.2 Å². The maximum absolute atomic E-state index is 13.5. The molecule has 2 aliphatic rings. The number of nitrogens with zero attached hydrogens (tertiary/aromatic N) is 3. The predicted molar refractivity (Wildman–Crippen MR) is 106 cm³/mol. The van der Waals surface area contributed by atoms with Crippen LogP contribution in [0.5, 0.6) is 0 Å². The Bertz CT molecular complexity index is 927. The monoisotopic (exact) mass is 411 g/mol. The highest BCUT2D eigenvalue weighted by Crippen LogP contribution is 2.31. The van der Waals surface area contributed by atoms with Gasteiger partial charge in [-0.2, -0.15) is 0 Å². The van der Waals surface area contributed by atoms with E-state index in [-0.39, 0.29) is 36.0 Å². The molecule has 0 radical (unpaired) electrons. The average Bonchev–Trinajstić information content (AvgIpc) is 3.32. The molecule has 2 aliphatic heterocycles. The molecule has 4 rings (SSSR count). The number of pyridine rings is 1. The lowest BCUT2D eigenvalue weighted by Gasteiger charge is -2.38. The molecule has 1 fully saturated rings. The highest BCUT2D eigenvalue weighted by molar-refractivity contribution is 5.93. The first-order valence-electron chi connectivity index (χ1n) is 10.3. The molecular weight excluding hydrogens is 386 g/mol. The fourth-order valence-electron chi connectivity index (χ4n) is 4.23. The van der Waals surface area contributed by atoms with Crippen LogP contribution in [0.4, 0.5) is 0 Å². The second kappa shape index (κ2) is 8.69. The second-order valence-corrected chi connectivity index (χ2v) is 7.64. The van der Waals surface area contributed by atoms with E-state index in [1.165, 1.54) is 6.26 Å². The van der Waals surface area contributed by atoms with Gasteiger partial charge in [-0.25, -0.2) is 0 Å². The van der Waals surface area contributed by atoms with Crippen molar-refractivity contribution < 1.29 is 23.5 Å². The SMILES string of the molecule is CCOC(=O)C1CCCN(C(=O)C2CN(C(=O)c3ccco3)Cc3cccnc32)C1. The molecule has 8 nitrogen and oxygen atoms in total. The Kier molecular flexibility index (Phi) is 5.83. The molecular formula is C22H25N3O5. The number of likely N-dealkylation sites (tertiary alicyclic amines) is 1. The maximum Gasteiger partial charge on any atom is 0.310 e. The van der Waals surface area contributed by atoms with E-state index in [0.29, 0.717) is 38.4 Å². The summed E-state index contributed by atoms with van der Waals surface area (Å²) in [5.41, 5.74) is 1.55. The number of hydrogen-bond donors (Lipinski definition) is 0. The summed E-state index contributed by atoms with van der Waals surface area (Å²) >= 11 is 0. The first-order chi connectivity index (χ1) is 14.6. The molecule has 0 aliphatic carbocycles.